The number of nitrogens with zero attached hydrogens (tertiary/aromatic N) is 1. The number of amides is 1. The van der Waals surface area contributed by atoms with E-state index in [0.717, 1.165) is 22.0 Å². The second kappa shape index (κ2) is 12.3. The van der Waals surface area contributed by atoms with Gasteiger partial charge >= 0.3 is 0 Å². The third-order valence-electron chi connectivity index (χ3n) is 5.73. The molecule has 0 fully saturated rings. The Labute approximate surface area is 226 Å². The van der Waals surface area contributed by atoms with Crippen molar-refractivity contribution in [3.8, 4) is 17.2 Å². The molecule has 202 valence electrons. The standard InChI is InChI=1S/C29H27FN2O6S/c1-36-27-17-16-26(18-28(27)37-2)39(34,35)32(24-12-8-22(30)9-13-24)19-29(33)31-23-10-14-25(15-11-23)38-20-21-6-4-3-5-7-21/h3-18H,19-20H2,1-2H3,(H,31,33). The molecule has 4 rings (SSSR count). The summed E-state index contributed by atoms with van der Waals surface area (Å²) in [6.45, 7) is -0.165. The maximum absolute atomic E-state index is 13.6. The van der Waals surface area contributed by atoms with Crippen LogP contribution in [0.4, 0.5) is 15.8 Å². The molecule has 8 nitrogen and oxygen atoms in total. The smallest absolute Gasteiger partial charge is 0.264 e. The Kier molecular flexibility index (Phi) is 8.67. The Bertz CT molecular complexity index is 1510. The zero-order chi connectivity index (χ0) is 27.8. The molecule has 0 aliphatic heterocycles. The molecule has 4 aromatic carbocycles. The number of ether oxygens (including phenoxy) is 3. The highest BCUT2D eigenvalue weighted by molar-refractivity contribution is 7.92. The van der Waals surface area contributed by atoms with Gasteiger partial charge in [0.1, 0.15) is 24.7 Å². The van der Waals surface area contributed by atoms with E-state index in [-0.39, 0.29) is 16.3 Å². The van der Waals surface area contributed by atoms with Crippen LogP contribution in [-0.2, 0) is 21.4 Å². The number of sulfonamides is 1. The second-order valence-electron chi connectivity index (χ2n) is 8.35. The van der Waals surface area contributed by atoms with Crippen LogP contribution in [0.2, 0.25) is 0 Å². The minimum absolute atomic E-state index is 0.117. The topological polar surface area (TPSA) is 94.2 Å². The summed E-state index contributed by atoms with van der Waals surface area (Å²) >= 11 is 0. The van der Waals surface area contributed by atoms with E-state index in [1.807, 2.05) is 30.3 Å². The molecule has 0 spiro atoms. The molecule has 0 heterocycles. The number of hydrogen-bond acceptors (Lipinski definition) is 6. The zero-order valence-corrected chi connectivity index (χ0v) is 22.2. The predicted molar refractivity (Wildman–Crippen MR) is 146 cm³/mol. The SMILES string of the molecule is COc1ccc(S(=O)(=O)N(CC(=O)Nc2ccc(OCc3ccccc3)cc2)c2ccc(F)cc2)cc1OC. The molecule has 0 unspecified atom stereocenters. The van der Waals surface area contributed by atoms with E-state index in [9.17, 15) is 17.6 Å². The van der Waals surface area contributed by atoms with E-state index in [1.54, 1.807) is 24.3 Å². The van der Waals surface area contributed by atoms with Gasteiger partial charge in [-0.05, 0) is 66.2 Å². The van der Waals surface area contributed by atoms with Crippen LogP contribution >= 0.6 is 0 Å². The van der Waals surface area contributed by atoms with Crippen molar-refractivity contribution >= 4 is 27.3 Å². The van der Waals surface area contributed by atoms with Gasteiger partial charge in [-0.3, -0.25) is 9.10 Å². The van der Waals surface area contributed by atoms with Crippen LogP contribution in [0.5, 0.6) is 17.2 Å². The molecule has 0 aromatic heterocycles. The fourth-order valence-corrected chi connectivity index (χ4v) is 5.17. The van der Waals surface area contributed by atoms with Crippen LogP contribution in [0.15, 0.2) is 102 Å². The summed E-state index contributed by atoms with van der Waals surface area (Å²) in [5.74, 6) is 0.0266. The van der Waals surface area contributed by atoms with Crippen molar-refractivity contribution in [2.45, 2.75) is 11.5 Å². The third kappa shape index (κ3) is 6.85. The van der Waals surface area contributed by atoms with Gasteiger partial charge in [-0.1, -0.05) is 30.3 Å². The van der Waals surface area contributed by atoms with E-state index < -0.39 is 28.3 Å². The Balaban J connectivity index is 1.52. The Hall–Kier alpha value is -4.57. The predicted octanol–water partition coefficient (Wildman–Crippen LogP) is 5.26. The van der Waals surface area contributed by atoms with Crippen LogP contribution in [0.25, 0.3) is 0 Å². The van der Waals surface area contributed by atoms with Crippen LogP contribution in [0.3, 0.4) is 0 Å². The number of anilines is 2. The number of halogens is 1. The van der Waals surface area contributed by atoms with Crippen molar-refractivity contribution in [1.82, 2.24) is 0 Å². The average molecular weight is 551 g/mol. The van der Waals surface area contributed by atoms with Crippen LogP contribution in [0.1, 0.15) is 5.56 Å². The van der Waals surface area contributed by atoms with Crippen molar-refractivity contribution < 1.29 is 31.8 Å². The van der Waals surface area contributed by atoms with Gasteiger partial charge in [0.25, 0.3) is 10.0 Å². The van der Waals surface area contributed by atoms with Gasteiger partial charge in [0.05, 0.1) is 24.8 Å². The number of carbonyl (C=O) groups excluding carboxylic acids is 1. The molecule has 0 aliphatic rings. The van der Waals surface area contributed by atoms with Gasteiger partial charge in [0.15, 0.2) is 11.5 Å². The lowest BCUT2D eigenvalue weighted by molar-refractivity contribution is -0.114. The van der Waals surface area contributed by atoms with E-state index in [4.69, 9.17) is 14.2 Å². The minimum atomic E-state index is -4.26. The maximum Gasteiger partial charge on any atom is 0.264 e. The molecule has 4 aromatic rings. The van der Waals surface area contributed by atoms with Crippen molar-refractivity contribution in [2.75, 3.05) is 30.4 Å². The number of benzene rings is 4. The monoisotopic (exact) mass is 550 g/mol. The molecule has 0 aliphatic carbocycles. The molecule has 1 amide bonds. The first-order valence-corrected chi connectivity index (χ1v) is 13.3. The van der Waals surface area contributed by atoms with Crippen LogP contribution in [0, 0.1) is 5.82 Å². The normalized spacial score (nSPS) is 10.9. The van der Waals surface area contributed by atoms with E-state index in [0.29, 0.717) is 23.8 Å². The second-order valence-corrected chi connectivity index (χ2v) is 10.2. The van der Waals surface area contributed by atoms with E-state index in [1.165, 1.54) is 44.6 Å². The van der Waals surface area contributed by atoms with Crippen molar-refractivity contribution in [1.29, 1.82) is 0 Å². The summed E-state index contributed by atoms with van der Waals surface area (Å²) in [5, 5.41) is 2.70. The maximum atomic E-state index is 13.6. The molecule has 0 atom stereocenters. The van der Waals surface area contributed by atoms with Gasteiger partial charge < -0.3 is 19.5 Å². The van der Waals surface area contributed by atoms with Crippen molar-refractivity contribution in [3.63, 3.8) is 0 Å². The molecule has 1 N–H and O–H groups in total. The Morgan fingerprint density at radius 3 is 2.15 bits per heavy atom. The van der Waals surface area contributed by atoms with E-state index >= 15 is 0 Å². The molecular weight excluding hydrogens is 523 g/mol. The third-order valence-corrected chi connectivity index (χ3v) is 7.50. The lowest BCUT2D eigenvalue weighted by Gasteiger charge is -2.24. The summed E-state index contributed by atoms with van der Waals surface area (Å²) in [4.78, 5) is 12.9. The van der Waals surface area contributed by atoms with Gasteiger partial charge in [0.2, 0.25) is 5.91 Å². The molecule has 0 bridgehead atoms. The first-order valence-electron chi connectivity index (χ1n) is 11.9. The minimum Gasteiger partial charge on any atom is -0.493 e. The molecule has 0 saturated heterocycles. The number of hydrogen-bond donors (Lipinski definition) is 1. The first-order chi connectivity index (χ1) is 18.8. The highest BCUT2D eigenvalue weighted by Gasteiger charge is 2.28. The summed E-state index contributed by atoms with van der Waals surface area (Å²) in [5.41, 5.74) is 1.59. The van der Waals surface area contributed by atoms with E-state index in [2.05, 4.69) is 5.32 Å². The lowest BCUT2D eigenvalue weighted by Crippen LogP contribution is -2.38. The van der Waals surface area contributed by atoms with Gasteiger partial charge in [-0.2, -0.15) is 0 Å². The van der Waals surface area contributed by atoms with Crippen molar-refractivity contribution in [3.05, 3.63) is 108 Å². The summed E-state index contributed by atoms with van der Waals surface area (Å²) in [7, 11) is -1.44. The first kappa shape index (κ1) is 27.5. The molecule has 39 heavy (non-hydrogen) atoms. The lowest BCUT2D eigenvalue weighted by atomic mass is 10.2. The van der Waals surface area contributed by atoms with Gasteiger partial charge in [0, 0.05) is 11.8 Å². The van der Waals surface area contributed by atoms with Crippen LogP contribution in [-0.4, -0.2) is 35.1 Å². The summed E-state index contributed by atoms with van der Waals surface area (Å²) in [6, 6.07) is 25.4. The molecule has 0 radical (unpaired) electrons. The van der Waals surface area contributed by atoms with Gasteiger partial charge in [-0.25, -0.2) is 12.8 Å². The highest BCUT2D eigenvalue weighted by Crippen LogP contribution is 2.32. The Morgan fingerprint density at radius 2 is 1.51 bits per heavy atom. The number of carbonyl (C=O) groups is 1. The molecular formula is C29H27FN2O6S. The average Bonchev–Trinajstić information content (AvgIpc) is 2.96. The van der Waals surface area contributed by atoms with Crippen molar-refractivity contribution in [2.24, 2.45) is 0 Å². The zero-order valence-electron chi connectivity index (χ0n) is 21.3. The van der Waals surface area contributed by atoms with Crippen LogP contribution < -0.4 is 23.8 Å². The largest absolute Gasteiger partial charge is 0.493 e. The Morgan fingerprint density at radius 1 is 0.846 bits per heavy atom. The molecule has 0 saturated carbocycles. The highest BCUT2D eigenvalue weighted by atomic mass is 32.2. The quantitative estimate of drug-likeness (QED) is 0.274. The number of rotatable bonds is 11. The number of nitrogens with one attached hydrogen (secondary N) is 1. The van der Waals surface area contributed by atoms with Gasteiger partial charge in [-0.15, -0.1) is 0 Å². The summed E-state index contributed by atoms with van der Waals surface area (Å²) in [6.07, 6.45) is 0. The summed E-state index contributed by atoms with van der Waals surface area (Å²) < 4.78 is 58.0. The fraction of sp³-hybridized carbons (Fsp3) is 0.138. The molecule has 10 heteroatoms. The fourth-order valence-electron chi connectivity index (χ4n) is 3.73. The number of methoxy groups -OCH3 is 2.